The van der Waals surface area contributed by atoms with Crippen molar-refractivity contribution in [1.82, 2.24) is 0 Å². The highest BCUT2D eigenvalue weighted by atomic mass is 79.9. The average Bonchev–Trinajstić information content (AvgIpc) is 2.06. The second-order valence-electron chi connectivity index (χ2n) is 4.20. The molecule has 0 N–H and O–H groups in total. The first kappa shape index (κ1) is 11.7. The van der Waals surface area contributed by atoms with Gasteiger partial charge in [0, 0.05) is 20.5 Å². The Morgan fingerprint density at radius 3 is 2.43 bits per heavy atom. The van der Waals surface area contributed by atoms with Gasteiger partial charge in [-0.25, -0.2) is 0 Å². The fourth-order valence-electron chi connectivity index (χ4n) is 1.08. The maximum atomic E-state index is 12.0. The number of carbonyl (C=O) groups excluding carboxylic acids is 1. The fourth-order valence-corrected chi connectivity index (χ4v) is 1.67. The van der Waals surface area contributed by atoms with Gasteiger partial charge in [0.15, 0.2) is 5.78 Å². The monoisotopic (exact) mass is 274 g/mol. The lowest BCUT2D eigenvalue weighted by Crippen LogP contribution is -2.20. The van der Waals surface area contributed by atoms with Gasteiger partial charge in [-0.3, -0.25) is 4.79 Å². The van der Waals surface area contributed by atoms with E-state index in [0.717, 1.165) is 4.47 Å². The molecule has 1 nitrogen and oxygen atoms in total. The molecule has 0 amide bonds. The highest BCUT2D eigenvalue weighted by Crippen LogP contribution is 2.28. The summed E-state index contributed by atoms with van der Waals surface area (Å²) in [6.07, 6.45) is 0. The zero-order chi connectivity index (χ0) is 10.9. The molecule has 0 aliphatic rings. The van der Waals surface area contributed by atoms with Crippen molar-refractivity contribution < 1.29 is 4.79 Å². The second kappa shape index (κ2) is 4.03. The van der Waals surface area contributed by atoms with Gasteiger partial charge in [-0.15, -0.1) is 0 Å². The van der Waals surface area contributed by atoms with Crippen LogP contribution in [0.2, 0.25) is 5.02 Å². The van der Waals surface area contributed by atoms with E-state index < -0.39 is 0 Å². The van der Waals surface area contributed by atoms with Crippen LogP contribution in [0.25, 0.3) is 0 Å². The Morgan fingerprint density at radius 2 is 1.93 bits per heavy atom. The number of carbonyl (C=O) groups is 1. The van der Waals surface area contributed by atoms with Gasteiger partial charge in [0.2, 0.25) is 0 Å². The first-order valence-electron chi connectivity index (χ1n) is 4.32. The van der Waals surface area contributed by atoms with Gasteiger partial charge < -0.3 is 0 Å². The number of hydrogen-bond acceptors (Lipinski definition) is 1. The third-order valence-corrected chi connectivity index (χ3v) is 2.78. The Morgan fingerprint density at radius 1 is 1.36 bits per heavy atom. The molecule has 0 spiro atoms. The summed E-state index contributed by atoms with van der Waals surface area (Å²) in [5.74, 6) is 0.0897. The molecule has 0 bridgehead atoms. The van der Waals surface area contributed by atoms with Gasteiger partial charge in [-0.2, -0.15) is 0 Å². The maximum absolute atomic E-state index is 12.0. The van der Waals surface area contributed by atoms with Crippen LogP contribution in [0.15, 0.2) is 22.7 Å². The van der Waals surface area contributed by atoms with Crippen LogP contribution in [-0.2, 0) is 0 Å². The predicted molar refractivity (Wildman–Crippen MR) is 62.9 cm³/mol. The number of hydrogen-bond donors (Lipinski definition) is 0. The van der Waals surface area contributed by atoms with Crippen LogP contribution < -0.4 is 0 Å². The summed E-state index contributed by atoms with van der Waals surface area (Å²) in [7, 11) is 0. The summed E-state index contributed by atoms with van der Waals surface area (Å²) in [6, 6.07) is 5.24. The van der Waals surface area contributed by atoms with Crippen molar-refractivity contribution in [3.05, 3.63) is 33.3 Å². The molecule has 0 aromatic heterocycles. The van der Waals surface area contributed by atoms with Gasteiger partial charge in [0.05, 0.1) is 0 Å². The predicted octanol–water partition coefficient (Wildman–Crippen LogP) is 4.33. The van der Waals surface area contributed by atoms with E-state index in [4.69, 9.17) is 11.6 Å². The lowest BCUT2D eigenvalue weighted by Gasteiger charge is -2.17. The molecule has 0 aliphatic heterocycles. The van der Waals surface area contributed by atoms with Crippen LogP contribution in [0.1, 0.15) is 31.1 Å². The van der Waals surface area contributed by atoms with E-state index in [-0.39, 0.29) is 11.2 Å². The van der Waals surface area contributed by atoms with E-state index in [2.05, 4.69) is 15.9 Å². The first-order chi connectivity index (χ1) is 6.32. The molecule has 0 atom stereocenters. The minimum atomic E-state index is -0.382. The summed E-state index contributed by atoms with van der Waals surface area (Å²) in [6.45, 7) is 5.67. The van der Waals surface area contributed by atoms with E-state index in [1.807, 2.05) is 20.8 Å². The number of ketones is 1. The average molecular weight is 276 g/mol. The highest BCUT2D eigenvalue weighted by Gasteiger charge is 2.24. The molecule has 0 saturated carbocycles. The van der Waals surface area contributed by atoms with Crippen molar-refractivity contribution in [2.45, 2.75) is 20.8 Å². The topological polar surface area (TPSA) is 17.1 Å². The van der Waals surface area contributed by atoms with E-state index in [1.54, 1.807) is 18.2 Å². The van der Waals surface area contributed by atoms with Crippen molar-refractivity contribution in [2.75, 3.05) is 0 Å². The fraction of sp³-hybridized carbons (Fsp3) is 0.364. The molecule has 0 fully saturated rings. The van der Waals surface area contributed by atoms with Crippen LogP contribution >= 0.6 is 27.5 Å². The molecule has 0 heterocycles. The molecule has 0 unspecified atom stereocenters. The standard InChI is InChI=1S/C11H12BrClO/c1-11(2,3)10(14)8-6-7(13)4-5-9(8)12/h4-6H,1-3H3. The zero-order valence-corrected chi connectivity index (χ0v) is 10.7. The normalized spacial score (nSPS) is 11.5. The maximum Gasteiger partial charge on any atom is 0.169 e. The number of rotatable bonds is 1. The summed E-state index contributed by atoms with van der Waals surface area (Å²) in [5, 5.41) is 0.584. The first-order valence-corrected chi connectivity index (χ1v) is 5.49. The van der Waals surface area contributed by atoms with Gasteiger partial charge in [0.1, 0.15) is 0 Å². The third-order valence-electron chi connectivity index (χ3n) is 1.85. The van der Waals surface area contributed by atoms with Crippen molar-refractivity contribution in [3.8, 4) is 0 Å². The van der Waals surface area contributed by atoms with E-state index >= 15 is 0 Å². The van der Waals surface area contributed by atoms with E-state index in [9.17, 15) is 4.79 Å². The summed E-state index contributed by atoms with van der Waals surface area (Å²) >= 11 is 9.18. The Hall–Kier alpha value is -0.340. The van der Waals surface area contributed by atoms with Crippen LogP contribution in [0, 0.1) is 5.41 Å². The molecule has 3 heteroatoms. The molecular formula is C11H12BrClO. The number of benzene rings is 1. The largest absolute Gasteiger partial charge is 0.294 e. The minimum Gasteiger partial charge on any atom is -0.294 e. The number of Topliss-reactive ketones (excluding diaryl/α,β-unsaturated/α-hetero) is 1. The Bertz CT molecular complexity index is 366. The number of halogens is 2. The molecule has 14 heavy (non-hydrogen) atoms. The van der Waals surface area contributed by atoms with Crippen molar-refractivity contribution in [3.63, 3.8) is 0 Å². The highest BCUT2D eigenvalue weighted by molar-refractivity contribution is 9.10. The quantitative estimate of drug-likeness (QED) is 0.697. The van der Waals surface area contributed by atoms with Crippen molar-refractivity contribution >= 4 is 33.3 Å². The van der Waals surface area contributed by atoms with Crippen LogP contribution in [-0.4, -0.2) is 5.78 Å². The summed E-state index contributed by atoms with van der Waals surface area (Å²) in [5.41, 5.74) is 0.262. The molecule has 76 valence electrons. The lowest BCUT2D eigenvalue weighted by atomic mass is 9.86. The van der Waals surface area contributed by atoms with Crippen molar-refractivity contribution in [2.24, 2.45) is 5.41 Å². The minimum absolute atomic E-state index is 0.0897. The van der Waals surface area contributed by atoms with Crippen LogP contribution in [0.4, 0.5) is 0 Å². The summed E-state index contributed by atoms with van der Waals surface area (Å²) in [4.78, 5) is 12.0. The summed E-state index contributed by atoms with van der Waals surface area (Å²) < 4.78 is 0.793. The van der Waals surface area contributed by atoms with Gasteiger partial charge in [-0.1, -0.05) is 48.3 Å². The Balaban J connectivity index is 3.19. The van der Waals surface area contributed by atoms with Gasteiger partial charge in [0.25, 0.3) is 0 Å². The Labute approximate surface area is 97.6 Å². The molecular weight excluding hydrogens is 263 g/mol. The zero-order valence-electron chi connectivity index (χ0n) is 8.40. The van der Waals surface area contributed by atoms with Crippen LogP contribution in [0.5, 0.6) is 0 Å². The van der Waals surface area contributed by atoms with Crippen LogP contribution in [0.3, 0.4) is 0 Å². The smallest absolute Gasteiger partial charge is 0.169 e. The van der Waals surface area contributed by atoms with E-state index in [0.29, 0.717) is 10.6 Å². The third kappa shape index (κ3) is 2.58. The van der Waals surface area contributed by atoms with Gasteiger partial charge in [-0.05, 0) is 18.2 Å². The molecule has 0 aliphatic carbocycles. The molecule has 0 radical (unpaired) electrons. The molecule has 1 aromatic carbocycles. The Kier molecular flexibility index (Phi) is 3.38. The second-order valence-corrected chi connectivity index (χ2v) is 5.49. The molecule has 0 saturated heterocycles. The van der Waals surface area contributed by atoms with Crippen molar-refractivity contribution in [1.29, 1.82) is 0 Å². The molecule has 1 aromatic rings. The molecule has 1 rings (SSSR count). The lowest BCUT2D eigenvalue weighted by molar-refractivity contribution is 0.0857. The van der Waals surface area contributed by atoms with Gasteiger partial charge >= 0.3 is 0 Å². The SMILES string of the molecule is CC(C)(C)C(=O)c1cc(Cl)ccc1Br. The van der Waals surface area contributed by atoms with E-state index in [1.165, 1.54) is 0 Å².